The quantitative estimate of drug-likeness (QED) is 0.497. The summed E-state index contributed by atoms with van der Waals surface area (Å²) in [6, 6.07) is 12.9. The molecule has 7 heteroatoms. The van der Waals surface area contributed by atoms with Crippen molar-refractivity contribution in [1.82, 2.24) is 19.7 Å². The van der Waals surface area contributed by atoms with Gasteiger partial charge < -0.3 is 4.90 Å². The van der Waals surface area contributed by atoms with Crippen LogP contribution in [0.5, 0.6) is 0 Å². The molecule has 0 saturated carbocycles. The molecule has 0 radical (unpaired) electrons. The van der Waals surface area contributed by atoms with Crippen molar-refractivity contribution in [2.45, 2.75) is 38.6 Å². The zero-order chi connectivity index (χ0) is 21.5. The average molecular weight is 435 g/mol. The molecule has 1 atom stereocenters. The first-order valence-electron chi connectivity index (χ1n) is 10.7. The Bertz CT molecular complexity index is 1340. The van der Waals surface area contributed by atoms with Crippen LogP contribution in [0.2, 0.25) is 5.02 Å². The Hall–Kier alpha value is -3.12. The van der Waals surface area contributed by atoms with Gasteiger partial charge in [-0.15, -0.1) is 0 Å². The van der Waals surface area contributed by atoms with Crippen LogP contribution < -0.4 is 5.56 Å². The van der Waals surface area contributed by atoms with E-state index in [-0.39, 0.29) is 17.5 Å². The van der Waals surface area contributed by atoms with Crippen LogP contribution in [-0.2, 0) is 0 Å². The van der Waals surface area contributed by atoms with Gasteiger partial charge in [-0.2, -0.15) is 0 Å². The van der Waals surface area contributed by atoms with Crippen molar-refractivity contribution >= 4 is 39.3 Å². The number of benzene rings is 2. The highest BCUT2D eigenvalue weighted by Gasteiger charge is 2.26. The molecular weight excluding hydrogens is 412 g/mol. The van der Waals surface area contributed by atoms with E-state index in [1.165, 1.54) is 11.1 Å². The molecule has 1 aliphatic heterocycles. The maximum absolute atomic E-state index is 13.3. The van der Waals surface area contributed by atoms with E-state index in [4.69, 9.17) is 11.6 Å². The second-order valence-electron chi connectivity index (χ2n) is 8.06. The fourth-order valence-electron chi connectivity index (χ4n) is 4.52. The number of aromatic amines is 1. The molecule has 31 heavy (non-hydrogen) atoms. The number of aromatic nitrogens is 3. The first-order valence-corrected chi connectivity index (χ1v) is 11.0. The second-order valence-corrected chi connectivity index (χ2v) is 8.50. The fraction of sp³-hybridized carbons (Fsp3) is 0.292. The van der Waals surface area contributed by atoms with Crippen LogP contribution in [0.4, 0.5) is 0 Å². The van der Waals surface area contributed by atoms with Crippen LogP contribution in [-0.4, -0.2) is 38.2 Å². The Kier molecular flexibility index (Phi) is 5.02. The van der Waals surface area contributed by atoms with Crippen LogP contribution in [0, 0.1) is 0 Å². The number of hydrogen-bond donors (Lipinski definition) is 1. The summed E-state index contributed by atoms with van der Waals surface area (Å²) in [6.45, 7) is 2.93. The molecule has 0 bridgehead atoms. The maximum Gasteiger partial charge on any atom is 0.280 e. The van der Waals surface area contributed by atoms with Crippen LogP contribution >= 0.6 is 11.6 Å². The van der Waals surface area contributed by atoms with E-state index in [1.807, 2.05) is 23.1 Å². The number of likely N-dealkylation sites (tertiary alicyclic amines) is 1. The minimum Gasteiger partial charge on any atom is -0.336 e. The lowest BCUT2D eigenvalue weighted by atomic mass is 9.98. The molecule has 5 rings (SSSR count). The summed E-state index contributed by atoms with van der Waals surface area (Å²) in [7, 11) is 0. The standard InChI is InChI=1S/C24H23ClN4O2/c1-2-17-5-3-4-12-28(17)23(30)15-6-11-21-19(13-15)22-20(14-26-21)24(31)29(27-22)18-9-7-16(25)8-10-18/h6-11,13-14,17,27H,2-5,12H2,1H3/t17-/m0/s1. The molecule has 0 spiro atoms. The number of nitrogens with one attached hydrogen (secondary N) is 1. The number of carbonyl (C=O) groups excluding carboxylic acids is 1. The summed E-state index contributed by atoms with van der Waals surface area (Å²) < 4.78 is 1.48. The summed E-state index contributed by atoms with van der Waals surface area (Å²) in [5, 5.41) is 5.05. The highest BCUT2D eigenvalue weighted by molar-refractivity contribution is 6.30. The molecule has 1 saturated heterocycles. The summed E-state index contributed by atoms with van der Waals surface area (Å²) in [5.41, 5.74) is 2.53. The number of fused-ring (bicyclic) bond motifs is 3. The minimum atomic E-state index is -0.189. The number of pyridine rings is 1. The number of H-pyrrole nitrogens is 1. The number of piperidine rings is 1. The van der Waals surface area contributed by atoms with E-state index in [9.17, 15) is 9.59 Å². The van der Waals surface area contributed by atoms with Gasteiger partial charge in [0.2, 0.25) is 0 Å². The Morgan fingerprint density at radius 3 is 2.74 bits per heavy atom. The van der Waals surface area contributed by atoms with Gasteiger partial charge in [0, 0.05) is 34.8 Å². The van der Waals surface area contributed by atoms with Crippen molar-refractivity contribution in [2.75, 3.05) is 6.54 Å². The van der Waals surface area contributed by atoms with Gasteiger partial charge in [0.05, 0.1) is 22.1 Å². The fourth-order valence-corrected chi connectivity index (χ4v) is 4.65. The first kappa shape index (κ1) is 19.8. The molecule has 6 nitrogen and oxygen atoms in total. The molecule has 1 N–H and O–H groups in total. The topological polar surface area (TPSA) is 71.0 Å². The number of rotatable bonds is 3. The summed E-state index contributed by atoms with van der Waals surface area (Å²) in [4.78, 5) is 32.7. The van der Waals surface area contributed by atoms with Crippen molar-refractivity contribution < 1.29 is 4.79 Å². The third-order valence-electron chi connectivity index (χ3n) is 6.22. The molecule has 1 amide bonds. The third kappa shape index (κ3) is 3.41. The highest BCUT2D eigenvalue weighted by atomic mass is 35.5. The number of nitrogens with zero attached hydrogens (tertiary/aromatic N) is 3. The van der Waals surface area contributed by atoms with Crippen molar-refractivity contribution in [3.63, 3.8) is 0 Å². The smallest absolute Gasteiger partial charge is 0.280 e. The Balaban J connectivity index is 1.63. The van der Waals surface area contributed by atoms with Crippen molar-refractivity contribution in [1.29, 1.82) is 0 Å². The molecule has 158 valence electrons. The van der Waals surface area contributed by atoms with Gasteiger partial charge in [-0.25, -0.2) is 4.68 Å². The van der Waals surface area contributed by atoms with Gasteiger partial charge >= 0.3 is 0 Å². The molecule has 2 aromatic heterocycles. The zero-order valence-corrected chi connectivity index (χ0v) is 18.0. The van der Waals surface area contributed by atoms with Crippen molar-refractivity contribution in [3.05, 3.63) is 69.6 Å². The lowest BCUT2D eigenvalue weighted by Gasteiger charge is -2.35. The molecule has 4 aromatic rings. The number of hydrogen-bond acceptors (Lipinski definition) is 3. The summed E-state index contributed by atoms with van der Waals surface area (Å²) in [6.07, 6.45) is 5.81. The van der Waals surface area contributed by atoms with Crippen molar-refractivity contribution in [3.8, 4) is 5.69 Å². The maximum atomic E-state index is 13.3. The molecule has 3 heterocycles. The number of halogens is 1. The largest absolute Gasteiger partial charge is 0.336 e. The van der Waals surface area contributed by atoms with E-state index >= 15 is 0 Å². The summed E-state index contributed by atoms with van der Waals surface area (Å²) >= 11 is 5.98. The van der Waals surface area contributed by atoms with E-state index in [0.717, 1.165) is 36.7 Å². The molecule has 0 aliphatic carbocycles. The van der Waals surface area contributed by atoms with Gasteiger partial charge in [0.25, 0.3) is 11.5 Å². The van der Waals surface area contributed by atoms with Crippen LogP contribution in [0.1, 0.15) is 43.0 Å². The summed E-state index contributed by atoms with van der Waals surface area (Å²) in [5.74, 6) is 0.0462. The first-order chi connectivity index (χ1) is 15.1. The molecular formula is C24H23ClN4O2. The van der Waals surface area contributed by atoms with Crippen molar-refractivity contribution in [2.24, 2.45) is 0 Å². The third-order valence-corrected chi connectivity index (χ3v) is 6.47. The normalized spacial score (nSPS) is 16.8. The van der Waals surface area contributed by atoms with Gasteiger partial charge in [-0.3, -0.25) is 19.7 Å². The SMILES string of the molecule is CC[C@H]1CCCCN1C(=O)c1ccc2ncc3c(=O)n(-c4ccc(Cl)cc4)[nH]c3c2c1. The molecule has 2 aromatic carbocycles. The molecule has 0 unspecified atom stereocenters. The number of carbonyl (C=O) groups is 1. The monoisotopic (exact) mass is 434 g/mol. The Morgan fingerprint density at radius 2 is 1.97 bits per heavy atom. The second kappa shape index (κ2) is 7.85. The number of amides is 1. The Labute approximate surface area is 184 Å². The van der Waals surface area contributed by atoms with Crippen LogP contribution in [0.15, 0.2) is 53.5 Å². The lowest BCUT2D eigenvalue weighted by molar-refractivity contribution is 0.0608. The zero-order valence-electron chi connectivity index (χ0n) is 17.3. The van der Waals surface area contributed by atoms with Gasteiger partial charge in [-0.05, 0) is 68.1 Å². The lowest BCUT2D eigenvalue weighted by Crippen LogP contribution is -2.43. The van der Waals surface area contributed by atoms with E-state index in [0.29, 0.717) is 27.2 Å². The Morgan fingerprint density at radius 1 is 1.16 bits per heavy atom. The molecule has 1 aliphatic rings. The van der Waals surface area contributed by atoms with Crippen LogP contribution in [0.25, 0.3) is 27.5 Å². The van der Waals surface area contributed by atoms with Gasteiger partial charge in [-0.1, -0.05) is 18.5 Å². The predicted molar refractivity (Wildman–Crippen MR) is 123 cm³/mol. The van der Waals surface area contributed by atoms with E-state index in [1.54, 1.807) is 30.5 Å². The highest BCUT2D eigenvalue weighted by Crippen LogP contribution is 2.26. The van der Waals surface area contributed by atoms with Gasteiger partial charge in [0.1, 0.15) is 0 Å². The average Bonchev–Trinajstić information content (AvgIpc) is 3.15. The van der Waals surface area contributed by atoms with Gasteiger partial charge in [0.15, 0.2) is 0 Å². The van der Waals surface area contributed by atoms with Crippen LogP contribution in [0.3, 0.4) is 0 Å². The van der Waals surface area contributed by atoms with E-state index in [2.05, 4.69) is 17.0 Å². The van der Waals surface area contributed by atoms with E-state index < -0.39 is 0 Å². The minimum absolute atomic E-state index is 0.0462. The predicted octanol–water partition coefficient (Wildman–Crippen LogP) is 4.93. The molecule has 1 fully saturated rings.